The molecule has 0 saturated heterocycles. The fraction of sp³-hybridized carbons (Fsp3) is 0.533. The van der Waals surface area contributed by atoms with E-state index in [0.717, 1.165) is 18.4 Å². The third-order valence-corrected chi connectivity index (χ3v) is 4.03. The van der Waals surface area contributed by atoms with Gasteiger partial charge in [-0.3, -0.25) is 4.79 Å². The molecule has 0 atom stereocenters. The van der Waals surface area contributed by atoms with E-state index < -0.39 is 0 Å². The number of amides is 1. The topological polar surface area (TPSA) is 38.3 Å². The highest BCUT2D eigenvalue weighted by Gasteiger charge is 2.17. The molecule has 0 radical (unpaired) electrons. The lowest BCUT2D eigenvalue weighted by atomic mass is 10.1. The summed E-state index contributed by atoms with van der Waals surface area (Å²) in [6.45, 7) is 0. The minimum absolute atomic E-state index is 0.116. The first-order valence-electron chi connectivity index (χ1n) is 6.81. The van der Waals surface area contributed by atoms with Crippen LogP contribution in [0.1, 0.15) is 37.7 Å². The third-order valence-electron chi connectivity index (χ3n) is 3.60. The molecule has 1 aromatic carbocycles. The smallest absolute Gasteiger partial charge is 0.220 e. The number of ether oxygens (including phenoxy) is 1. The first-order chi connectivity index (χ1) is 9.20. The molecule has 0 unspecified atom stereocenters. The summed E-state index contributed by atoms with van der Waals surface area (Å²) in [5, 5.41) is 3.69. The average molecular weight is 282 g/mol. The number of methoxy groups -OCH3 is 1. The number of rotatable bonds is 5. The van der Waals surface area contributed by atoms with Gasteiger partial charge in [-0.1, -0.05) is 36.6 Å². The number of carbonyl (C=O) groups excluding carboxylic acids is 1. The van der Waals surface area contributed by atoms with Crippen molar-refractivity contribution in [1.82, 2.24) is 5.32 Å². The van der Waals surface area contributed by atoms with Crippen molar-refractivity contribution in [3.8, 4) is 5.75 Å². The van der Waals surface area contributed by atoms with Gasteiger partial charge in [-0.2, -0.15) is 0 Å². The summed E-state index contributed by atoms with van der Waals surface area (Å²) in [5.41, 5.74) is 0.961. The van der Waals surface area contributed by atoms with E-state index in [1.807, 2.05) is 18.2 Å². The van der Waals surface area contributed by atoms with Crippen molar-refractivity contribution < 1.29 is 9.53 Å². The molecule has 1 N–H and O–H groups in total. The molecule has 0 spiro atoms. The molecule has 19 heavy (non-hydrogen) atoms. The van der Waals surface area contributed by atoms with Gasteiger partial charge in [-0.05, 0) is 30.9 Å². The molecule has 2 rings (SSSR count). The highest BCUT2D eigenvalue weighted by atomic mass is 35.5. The van der Waals surface area contributed by atoms with E-state index in [9.17, 15) is 4.79 Å². The zero-order valence-corrected chi connectivity index (χ0v) is 12.0. The van der Waals surface area contributed by atoms with Crippen LogP contribution in [0.4, 0.5) is 0 Å². The van der Waals surface area contributed by atoms with Crippen molar-refractivity contribution in [2.24, 2.45) is 0 Å². The van der Waals surface area contributed by atoms with Gasteiger partial charge in [0.1, 0.15) is 5.75 Å². The minimum Gasteiger partial charge on any atom is -0.495 e. The number of nitrogens with one attached hydrogen (secondary N) is 1. The van der Waals surface area contributed by atoms with Crippen molar-refractivity contribution in [1.29, 1.82) is 0 Å². The number of aryl methyl sites for hydroxylation is 1. The summed E-state index contributed by atoms with van der Waals surface area (Å²) in [5.74, 6) is 0.779. The number of hydrogen-bond acceptors (Lipinski definition) is 2. The Kier molecular flexibility index (Phi) is 5.08. The molecule has 1 aromatic rings. The van der Waals surface area contributed by atoms with Crippen LogP contribution in [0.2, 0.25) is 5.02 Å². The van der Waals surface area contributed by atoms with E-state index in [0.29, 0.717) is 29.7 Å². The van der Waals surface area contributed by atoms with Gasteiger partial charge < -0.3 is 10.1 Å². The van der Waals surface area contributed by atoms with Crippen molar-refractivity contribution in [3.63, 3.8) is 0 Å². The second-order valence-corrected chi connectivity index (χ2v) is 5.36. The molecule has 0 heterocycles. The maximum atomic E-state index is 11.9. The van der Waals surface area contributed by atoms with Crippen LogP contribution >= 0.6 is 11.6 Å². The second-order valence-electron chi connectivity index (χ2n) is 4.98. The fourth-order valence-electron chi connectivity index (χ4n) is 2.53. The largest absolute Gasteiger partial charge is 0.495 e. The molecule has 0 aromatic heterocycles. The number of hydrogen-bond donors (Lipinski definition) is 1. The highest BCUT2D eigenvalue weighted by molar-refractivity contribution is 6.32. The molecule has 1 fully saturated rings. The normalized spacial score (nSPS) is 15.5. The maximum Gasteiger partial charge on any atom is 0.220 e. The fourth-order valence-corrected chi connectivity index (χ4v) is 2.82. The van der Waals surface area contributed by atoms with Crippen molar-refractivity contribution >= 4 is 17.5 Å². The van der Waals surface area contributed by atoms with E-state index in [-0.39, 0.29) is 5.91 Å². The number of benzene rings is 1. The van der Waals surface area contributed by atoms with Crippen LogP contribution in [0.3, 0.4) is 0 Å². The van der Waals surface area contributed by atoms with Crippen LogP contribution in [0.25, 0.3) is 0 Å². The number of carbonyl (C=O) groups is 1. The van der Waals surface area contributed by atoms with Gasteiger partial charge in [0.15, 0.2) is 0 Å². The molecule has 3 nitrogen and oxygen atoms in total. The minimum atomic E-state index is 0.116. The lowest BCUT2D eigenvalue weighted by Crippen LogP contribution is -2.32. The summed E-state index contributed by atoms with van der Waals surface area (Å²) in [7, 11) is 1.60. The lowest BCUT2D eigenvalue weighted by molar-refractivity contribution is -0.121. The first kappa shape index (κ1) is 14.2. The molecule has 1 aliphatic rings. The molecule has 4 heteroatoms. The van der Waals surface area contributed by atoms with E-state index >= 15 is 0 Å². The standard InChI is InChI=1S/C15H20ClNO2/c1-19-13-8-4-5-11(15(13)16)9-10-14(18)17-12-6-2-3-7-12/h4-5,8,12H,2-3,6-7,9-10H2,1H3,(H,17,18). The van der Waals surface area contributed by atoms with Gasteiger partial charge in [-0.15, -0.1) is 0 Å². The Morgan fingerprint density at radius 3 is 2.84 bits per heavy atom. The van der Waals surface area contributed by atoms with Crippen LogP contribution in [-0.4, -0.2) is 19.1 Å². The Morgan fingerprint density at radius 2 is 2.16 bits per heavy atom. The summed E-state index contributed by atoms with van der Waals surface area (Å²) in [4.78, 5) is 11.9. The lowest BCUT2D eigenvalue weighted by Gasteiger charge is -2.12. The quantitative estimate of drug-likeness (QED) is 0.899. The van der Waals surface area contributed by atoms with Gasteiger partial charge in [0.05, 0.1) is 12.1 Å². The van der Waals surface area contributed by atoms with Crippen LogP contribution in [0.5, 0.6) is 5.75 Å². The Balaban J connectivity index is 1.86. The maximum absolute atomic E-state index is 11.9. The molecular formula is C15H20ClNO2. The first-order valence-corrected chi connectivity index (χ1v) is 7.19. The molecule has 0 bridgehead atoms. The van der Waals surface area contributed by atoms with Crippen LogP contribution in [-0.2, 0) is 11.2 Å². The van der Waals surface area contributed by atoms with Gasteiger partial charge >= 0.3 is 0 Å². The Morgan fingerprint density at radius 1 is 1.42 bits per heavy atom. The summed E-state index contributed by atoms with van der Waals surface area (Å²) < 4.78 is 5.17. The summed E-state index contributed by atoms with van der Waals surface area (Å²) >= 11 is 6.21. The van der Waals surface area contributed by atoms with Crippen molar-refractivity contribution in [3.05, 3.63) is 28.8 Å². The Bertz CT molecular complexity index is 442. The van der Waals surface area contributed by atoms with Gasteiger partial charge in [-0.25, -0.2) is 0 Å². The van der Waals surface area contributed by atoms with Crippen molar-refractivity contribution in [2.45, 2.75) is 44.6 Å². The van der Waals surface area contributed by atoms with Crippen LogP contribution < -0.4 is 10.1 Å². The van der Waals surface area contributed by atoms with Gasteiger partial charge in [0.2, 0.25) is 5.91 Å². The molecule has 1 saturated carbocycles. The molecule has 0 aliphatic heterocycles. The summed E-state index contributed by atoms with van der Waals surface area (Å²) in [6, 6.07) is 6.04. The van der Waals surface area contributed by atoms with Crippen molar-refractivity contribution in [2.75, 3.05) is 7.11 Å². The molecule has 1 aliphatic carbocycles. The van der Waals surface area contributed by atoms with Gasteiger partial charge in [0.25, 0.3) is 0 Å². The SMILES string of the molecule is COc1cccc(CCC(=O)NC2CCCC2)c1Cl. The average Bonchev–Trinajstić information content (AvgIpc) is 2.90. The third kappa shape index (κ3) is 3.87. The molecule has 1 amide bonds. The zero-order valence-electron chi connectivity index (χ0n) is 11.2. The predicted octanol–water partition coefficient (Wildman–Crippen LogP) is 3.34. The predicted molar refractivity (Wildman–Crippen MR) is 76.7 cm³/mol. The van der Waals surface area contributed by atoms with Crippen LogP contribution in [0, 0.1) is 0 Å². The molecule has 104 valence electrons. The monoisotopic (exact) mass is 281 g/mol. The van der Waals surface area contributed by atoms with Gasteiger partial charge in [0, 0.05) is 12.5 Å². The highest BCUT2D eigenvalue weighted by Crippen LogP contribution is 2.28. The molecular weight excluding hydrogens is 262 g/mol. The Labute approximate surface area is 119 Å². The van der Waals surface area contributed by atoms with Crippen LogP contribution in [0.15, 0.2) is 18.2 Å². The second kappa shape index (κ2) is 6.80. The van der Waals surface area contributed by atoms with E-state index in [2.05, 4.69) is 5.32 Å². The van der Waals surface area contributed by atoms with E-state index in [4.69, 9.17) is 16.3 Å². The Hall–Kier alpha value is -1.22. The number of halogens is 1. The van der Waals surface area contributed by atoms with E-state index in [1.54, 1.807) is 7.11 Å². The summed E-state index contributed by atoms with van der Waals surface area (Å²) in [6.07, 6.45) is 5.81. The zero-order chi connectivity index (χ0) is 13.7. The van der Waals surface area contributed by atoms with E-state index in [1.165, 1.54) is 12.8 Å².